The zero-order valence-electron chi connectivity index (χ0n) is 21.0. The number of anilines is 1. The molecule has 1 aliphatic rings. The molecule has 2 aromatic heterocycles. The van der Waals surface area contributed by atoms with Crippen molar-refractivity contribution in [2.24, 2.45) is 0 Å². The van der Waals surface area contributed by atoms with E-state index in [2.05, 4.69) is 10.3 Å². The van der Waals surface area contributed by atoms with Crippen LogP contribution in [0.3, 0.4) is 0 Å². The highest BCUT2D eigenvalue weighted by Crippen LogP contribution is 2.40. The molecule has 7 nitrogen and oxygen atoms in total. The first-order valence-electron chi connectivity index (χ1n) is 12.1. The van der Waals surface area contributed by atoms with Gasteiger partial charge >= 0.3 is 6.09 Å². The van der Waals surface area contributed by atoms with Gasteiger partial charge in [-0.25, -0.2) is 9.18 Å². The summed E-state index contributed by atoms with van der Waals surface area (Å²) in [7, 11) is 0. The maximum Gasteiger partial charge on any atom is 0.410 e. The number of nitrogen functional groups attached to an aromatic ring is 1. The number of thiophene rings is 1. The van der Waals surface area contributed by atoms with Crippen LogP contribution in [0.2, 0.25) is 0 Å². The van der Waals surface area contributed by atoms with E-state index in [0.717, 1.165) is 32.8 Å². The van der Waals surface area contributed by atoms with Crippen molar-refractivity contribution in [1.29, 1.82) is 0 Å². The summed E-state index contributed by atoms with van der Waals surface area (Å²) in [5, 5.41) is 3.38. The number of nitrogens with two attached hydrogens (primary N) is 1. The van der Waals surface area contributed by atoms with E-state index < -0.39 is 11.4 Å². The van der Waals surface area contributed by atoms with E-state index >= 15 is 0 Å². The molecule has 3 heterocycles. The molecule has 0 saturated carbocycles. The number of pyridine rings is 1. The van der Waals surface area contributed by atoms with Crippen LogP contribution in [0.5, 0.6) is 11.5 Å². The van der Waals surface area contributed by atoms with Crippen molar-refractivity contribution in [3.63, 3.8) is 0 Å². The van der Waals surface area contributed by atoms with Gasteiger partial charge in [0.15, 0.2) is 11.6 Å². The highest BCUT2D eigenvalue weighted by atomic mass is 32.1. The van der Waals surface area contributed by atoms with Gasteiger partial charge in [0.2, 0.25) is 0 Å². The second kappa shape index (κ2) is 9.99. The number of aromatic nitrogens is 1. The lowest BCUT2D eigenvalue weighted by Crippen LogP contribution is -2.50. The van der Waals surface area contributed by atoms with Crippen molar-refractivity contribution in [2.45, 2.75) is 32.4 Å². The van der Waals surface area contributed by atoms with Gasteiger partial charge in [-0.1, -0.05) is 24.3 Å². The largest absolute Gasteiger partial charge is 0.453 e. The number of carbonyl (C=O) groups is 1. The molecule has 0 bridgehead atoms. The fraction of sp³-hybridized carbons (Fsp3) is 0.286. The number of piperazine rings is 1. The van der Waals surface area contributed by atoms with E-state index in [4.69, 9.17) is 15.2 Å². The molecule has 0 spiro atoms. The summed E-state index contributed by atoms with van der Waals surface area (Å²) in [5.74, 6) is 0.120. The molecule has 192 valence electrons. The fourth-order valence-electron chi connectivity index (χ4n) is 4.27. The molecule has 37 heavy (non-hydrogen) atoms. The minimum absolute atomic E-state index is 0.108. The SMILES string of the molecule is CC(C)(C)OC(=O)N1CCNCC1c1ccc(-c2cc3nccc(Oc4ccc(N)cc4F)c3s2)cc1. The zero-order valence-corrected chi connectivity index (χ0v) is 21.8. The van der Waals surface area contributed by atoms with Gasteiger partial charge in [-0.3, -0.25) is 9.88 Å². The van der Waals surface area contributed by atoms with Crippen LogP contribution in [0.15, 0.2) is 60.8 Å². The molecule has 1 aliphatic heterocycles. The van der Waals surface area contributed by atoms with Crippen molar-refractivity contribution in [1.82, 2.24) is 15.2 Å². The number of nitrogens with zero attached hydrogens (tertiary/aromatic N) is 2. The lowest BCUT2D eigenvalue weighted by Gasteiger charge is -2.37. The number of fused-ring (bicyclic) bond motifs is 1. The van der Waals surface area contributed by atoms with E-state index in [0.29, 0.717) is 24.5 Å². The minimum Gasteiger partial charge on any atom is -0.453 e. The number of amides is 1. The summed E-state index contributed by atoms with van der Waals surface area (Å²) in [5.41, 5.74) is 8.26. The number of hydrogen-bond donors (Lipinski definition) is 2. The molecule has 2 aromatic carbocycles. The maximum absolute atomic E-state index is 14.3. The molecule has 5 rings (SSSR count). The number of carbonyl (C=O) groups excluding carboxylic acids is 1. The van der Waals surface area contributed by atoms with E-state index in [1.165, 1.54) is 23.5 Å². The first-order chi connectivity index (χ1) is 17.7. The molecule has 1 saturated heterocycles. The Morgan fingerprint density at radius 1 is 1.14 bits per heavy atom. The normalized spacial score (nSPS) is 16.1. The molecule has 0 radical (unpaired) electrons. The van der Waals surface area contributed by atoms with Crippen molar-refractivity contribution < 1.29 is 18.7 Å². The minimum atomic E-state index is -0.548. The van der Waals surface area contributed by atoms with Crippen molar-refractivity contribution in [3.05, 3.63) is 72.2 Å². The Kier molecular flexibility index (Phi) is 6.74. The monoisotopic (exact) mass is 520 g/mol. The van der Waals surface area contributed by atoms with Crippen LogP contribution in [-0.2, 0) is 4.74 Å². The zero-order chi connectivity index (χ0) is 26.2. The van der Waals surface area contributed by atoms with Gasteiger partial charge in [-0.2, -0.15) is 0 Å². The van der Waals surface area contributed by atoms with Crippen LogP contribution in [0.1, 0.15) is 32.4 Å². The number of benzene rings is 2. The van der Waals surface area contributed by atoms with Crippen LogP contribution in [0.25, 0.3) is 20.7 Å². The predicted molar refractivity (Wildman–Crippen MR) is 144 cm³/mol. The Morgan fingerprint density at radius 3 is 2.65 bits per heavy atom. The molecule has 9 heteroatoms. The lowest BCUT2D eigenvalue weighted by molar-refractivity contribution is 0.0118. The predicted octanol–water partition coefficient (Wildman–Crippen LogP) is 6.36. The summed E-state index contributed by atoms with van der Waals surface area (Å²) in [4.78, 5) is 20.1. The third kappa shape index (κ3) is 5.52. The summed E-state index contributed by atoms with van der Waals surface area (Å²) in [6.07, 6.45) is 1.34. The number of halogens is 1. The Balaban J connectivity index is 1.39. The second-order valence-electron chi connectivity index (χ2n) is 9.94. The van der Waals surface area contributed by atoms with Crippen LogP contribution in [0.4, 0.5) is 14.9 Å². The summed E-state index contributed by atoms with van der Waals surface area (Å²) in [6.45, 7) is 7.60. The van der Waals surface area contributed by atoms with E-state index in [-0.39, 0.29) is 17.9 Å². The smallest absolute Gasteiger partial charge is 0.410 e. The van der Waals surface area contributed by atoms with Gasteiger partial charge in [0.05, 0.1) is 16.3 Å². The molecular weight excluding hydrogens is 491 g/mol. The summed E-state index contributed by atoms with van der Waals surface area (Å²) in [6, 6.07) is 16.1. The highest BCUT2D eigenvalue weighted by Gasteiger charge is 2.31. The van der Waals surface area contributed by atoms with E-state index in [9.17, 15) is 9.18 Å². The van der Waals surface area contributed by atoms with Crippen LogP contribution < -0.4 is 15.8 Å². The van der Waals surface area contributed by atoms with Gasteiger partial charge in [0.25, 0.3) is 0 Å². The van der Waals surface area contributed by atoms with Crippen molar-refractivity contribution >= 4 is 33.3 Å². The highest BCUT2D eigenvalue weighted by molar-refractivity contribution is 7.22. The third-order valence-electron chi connectivity index (χ3n) is 6.00. The average Bonchev–Trinajstić information content (AvgIpc) is 3.30. The third-order valence-corrected chi connectivity index (χ3v) is 7.19. The van der Waals surface area contributed by atoms with Gasteiger partial charge < -0.3 is 20.5 Å². The van der Waals surface area contributed by atoms with E-state index in [1.54, 1.807) is 23.2 Å². The Morgan fingerprint density at radius 2 is 1.92 bits per heavy atom. The van der Waals surface area contributed by atoms with Crippen LogP contribution in [-0.4, -0.2) is 41.2 Å². The second-order valence-corrected chi connectivity index (χ2v) is 11.0. The maximum atomic E-state index is 14.3. The van der Waals surface area contributed by atoms with Crippen LogP contribution >= 0.6 is 11.3 Å². The topological polar surface area (TPSA) is 89.7 Å². The molecule has 0 aliphatic carbocycles. The molecule has 1 amide bonds. The number of ether oxygens (including phenoxy) is 2. The number of nitrogens with one attached hydrogen (secondary N) is 1. The van der Waals surface area contributed by atoms with E-state index in [1.807, 2.05) is 51.1 Å². The van der Waals surface area contributed by atoms with Crippen LogP contribution in [0, 0.1) is 5.82 Å². The Labute approximate surface area is 219 Å². The van der Waals surface area contributed by atoms with Gasteiger partial charge in [0.1, 0.15) is 11.4 Å². The standard InChI is InChI=1S/C28H29FN4O3S/c1-28(2,3)36-27(34)33-13-12-31-16-22(33)17-4-6-18(7-5-17)25-15-21-26(37-25)24(10-11-32-21)35-23-9-8-19(30)14-20(23)29/h4-11,14-15,22,31H,12-13,16,30H2,1-3H3. The molecule has 1 fully saturated rings. The Bertz CT molecular complexity index is 1430. The van der Waals surface area contributed by atoms with Gasteiger partial charge in [-0.15, -0.1) is 11.3 Å². The molecular formula is C28H29FN4O3S. The number of rotatable bonds is 4. The molecule has 1 atom stereocenters. The lowest BCUT2D eigenvalue weighted by atomic mass is 10.0. The molecule has 1 unspecified atom stereocenters. The summed E-state index contributed by atoms with van der Waals surface area (Å²) < 4.78 is 26.6. The van der Waals surface area contributed by atoms with Crippen molar-refractivity contribution in [3.8, 4) is 21.9 Å². The average molecular weight is 521 g/mol. The molecule has 3 N–H and O–H groups in total. The summed E-state index contributed by atoms with van der Waals surface area (Å²) >= 11 is 1.53. The number of hydrogen-bond acceptors (Lipinski definition) is 7. The van der Waals surface area contributed by atoms with Gasteiger partial charge in [0, 0.05) is 48.5 Å². The first kappa shape index (κ1) is 25.0. The quantitative estimate of drug-likeness (QED) is 0.305. The molecule has 4 aromatic rings. The fourth-order valence-corrected chi connectivity index (χ4v) is 5.34. The Hall–Kier alpha value is -3.69. The van der Waals surface area contributed by atoms with Gasteiger partial charge in [-0.05, 0) is 50.1 Å². The first-order valence-corrected chi connectivity index (χ1v) is 12.9. The van der Waals surface area contributed by atoms with Crippen molar-refractivity contribution in [2.75, 3.05) is 25.4 Å².